The van der Waals surface area contributed by atoms with Crippen LogP contribution in [-0.4, -0.2) is 36.7 Å². The summed E-state index contributed by atoms with van der Waals surface area (Å²) < 4.78 is 4.92. The number of carbonyl (C=O) groups excluding carboxylic acids is 4. The van der Waals surface area contributed by atoms with Gasteiger partial charge in [0.2, 0.25) is 0 Å². The Hall–Kier alpha value is -3.68. The van der Waals surface area contributed by atoms with Gasteiger partial charge in [-0.05, 0) is 54.6 Å². The van der Waals surface area contributed by atoms with Crippen molar-refractivity contribution in [2.45, 2.75) is 0 Å². The molecule has 3 aromatic carbocycles. The Morgan fingerprint density at radius 2 is 1.48 bits per heavy atom. The van der Waals surface area contributed by atoms with Crippen molar-refractivity contribution in [3.8, 4) is 0 Å². The molecule has 0 saturated heterocycles. The smallest absolute Gasteiger partial charge is 0.325 e. The van der Waals surface area contributed by atoms with Gasteiger partial charge in [-0.1, -0.05) is 41.4 Å². The van der Waals surface area contributed by atoms with E-state index < -0.39 is 30.8 Å². The molecular formula is C24H18Cl2N2O5. The standard InChI is InChI=1S/C24H18Cl2N2O5/c25-17-8-11-19(20(26)12-17)24(32)27-13-22(30)33-14-21(29)15-6-9-18(10-7-15)28-23(31)16-4-2-1-3-5-16/h1-12H,13-14H2,(H,27,32)(H,28,31). The lowest BCUT2D eigenvalue weighted by Gasteiger charge is -2.08. The Morgan fingerprint density at radius 3 is 2.15 bits per heavy atom. The number of anilines is 1. The van der Waals surface area contributed by atoms with E-state index in [4.69, 9.17) is 27.9 Å². The van der Waals surface area contributed by atoms with Gasteiger partial charge >= 0.3 is 5.97 Å². The minimum absolute atomic E-state index is 0.145. The third kappa shape index (κ3) is 6.90. The second-order valence-corrected chi connectivity index (χ2v) is 7.63. The quantitative estimate of drug-likeness (QED) is 0.364. The fraction of sp³-hybridized carbons (Fsp3) is 0.0833. The first-order valence-electron chi connectivity index (χ1n) is 9.72. The molecule has 0 spiro atoms. The van der Waals surface area contributed by atoms with Crippen molar-refractivity contribution >= 4 is 52.5 Å². The number of rotatable bonds is 8. The van der Waals surface area contributed by atoms with Crippen LogP contribution < -0.4 is 10.6 Å². The molecule has 0 radical (unpaired) electrons. The molecule has 0 aliphatic heterocycles. The average Bonchev–Trinajstić information content (AvgIpc) is 2.82. The summed E-state index contributed by atoms with van der Waals surface area (Å²) in [5.74, 6) is -2.07. The number of ether oxygens (including phenoxy) is 1. The number of ketones is 1. The molecule has 2 N–H and O–H groups in total. The van der Waals surface area contributed by atoms with E-state index in [2.05, 4.69) is 10.6 Å². The van der Waals surface area contributed by atoms with Crippen LogP contribution >= 0.6 is 23.2 Å². The predicted octanol–water partition coefficient (Wildman–Crippen LogP) is 4.40. The molecule has 9 heteroatoms. The van der Waals surface area contributed by atoms with Crippen molar-refractivity contribution in [1.29, 1.82) is 0 Å². The second-order valence-electron chi connectivity index (χ2n) is 6.79. The number of benzene rings is 3. The summed E-state index contributed by atoms with van der Waals surface area (Å²) in [6.45, 7) is -0.929. The third-order valence-electron chi connectivity index (χ3n) is 4.43. The van der Waals surface area contributed by atoms with Crippen molar-refractivity contribution in [2.75, 3.05) is 18.5 Å². The van der Waals surface area contributed by atoms with E-state index in [9.17, 15) is 19.2 Å². The highest BCUT2D eigenvalue weighted by Crippen LogP contribution is 2.20. The highest BCUT2D eigenvalue weighted by Gasteiger charge is 2.14. The monoisotopic (exact) mass is 484 g/mol. The molecule has 0 saturated carbocycles. The van der Waals surface area contributed by atoms with Crippen LogP contribution in [0.4, 0.5) is 5.69 Å². The number of halogens is 2. The van der Waals surface area contributed by atoms with Gasteiger partial charge in [0.1, 0.15) is 6.54 Å². The number of esters is 1. The largest absolute Gasteiger partial charge is 0.456 e. The lowest BCUT2D eigenvalue weighted by Crippen LogP contribution is -2.31. The summed E-state index contributed by atoms with van der Waals surface area (Å²) >= 11 is 11.7. The molecule has 3 rings (SSSR count). The molecule has 168 valence electrons. The topological polar surface area (TPSA) is 102 Å². The molecule has 0 aliphatic rings. The lowest BCUT2D eigenvalue weighted by molar-refractivity contribution is -0.141. The van der Waals surface area contributed by atoms with Crippen molar-refractivity contribution in [2.24, 2.45) is 0 Å². The van der Waals surface area contributed by atoms with E-state index >= 15 is 0 Å². The Morgan fingerprint density at radius 1 is 0.788 bits per heavy atom. The summed E-state index contributed by atoms with van der Waals surface area (Å²) in [5, 5.41) is 5.62. The van der Waals surface area contributed by atoms with Gasteiger partial charge in [-0.15, -0.1) is 0 Å². The molecule has 7 nitrogen and oxygen atoms in total. The lowest BCUT2D eigenvalue weighted by atomic mass is 10.1. The molecule has 3 aromatic rings. The van der Waals surface area contributed by atoms with E-state index in [1.807, 2.05) is 6.07 Å². The third-order valence-corrected chi connectivity index (χ3v) is 4.98. The molecule has 0 aliphatic carbocycles. The first-order chi connectivity index (χ1) is 15.8. The highest BCUT2D eigenvalue weighted by molar-refractivity contribution is 6.36. The Kier molecular flexibility index (Phi) is 8.18. The van der Waals surface area contributed by atoms with Crippen LogP contribution in [0, 0.1) is 0 Å². The maximum absolute atomic E-state index is 12.3. The average molecular weight is 485 g/mol. The number of Topliss-reactive ketones (excluding diaryl/α,β-unsaturated/α-hetero) is 1. The first-order valence-corrected chi connectivity index (χ1v) is 10.5. The van der Waals surface area contributed by atoms with E-state index in [1.54, 1.807) is 36.4 Å². The number of carbonyl (C=O) groups is 4. The zero-order valence-corrected chi connectivity index (χ0v) is 18.7. The highest BCUT2D eigenvalue weighted by atomic mass is 35.5. The number of nitrogens with one attached hydrogen (secondary N) is 2. The van der Waals surface area contributed by atoms with Gasteiger partial charge in [-0.3, -0.25) is 19.2 Å². The summed E-state index contributed by atoms with van der Waals surface area (Å²) in [7, 11) is 0. The van der Waals surface area contributed by atoms with Crippen LogP contribution in [0.2, 0.25) is 10.0 Å². The van der Waals surface area contributed by atoms with Crippen molar-refractivity contribution in [3.63, 3.8) is 0 Å². The van der Waals surface area contributed by atoms with Crippen LogP contribution in [0.15, 0.2) is 72.8 Å². The van der Waals surface area contributed by atoms with E-state index in [0.29, 0.717) is 21.8 Å². The predicted molar refractivity (Wildman–Crippen MR) is 125 cm³/mol. The van der Waals surface area contributed by atoms with Crippen LogP contribution in [0.5, 0.6) is 0 Å². The molecule has 0 aromatic heterocycles. The molecule has 0 heterocycles. The van der Waals surface area contributed by atoms with Crippen LogP contribution in [-0.2, 0) is 9.53 Å². The van der Waals surface area contributed by atoms with Gasteiger partial charge in [0.25, 0.3) is 11.8 Å². The molecule has 0 fully saturated rings. The minimum atomic E-state index is -0.784. The molecule has 33 heavy (non-hydrogen) atoms. The Balaban J connectivity index is 1.45. The van der Waals surface area contributed by atoms with Gasteiger partial charge < -0.3 is 15.4 Å². The first kappa shape index (κ1) is 24.0. The van der Waals surface area contributed by atoms with Gasteiger partial charge in [-0.2, -0.15) is 0 Å². The summed E-state index contributed by atoms with van der Waals surface area (Å²) in [6, 6.07) is 19.2. The minimum Gasteiger partial charge on any atom is -0.456 e. The molecule has 0 unspecified atom stereocenters. The second kappa shape index (κ2) is 11.3. The van der Waals surface area contributed by atoms with Crippen molar-refractivity contribution in [3.05, 3.63) is 99.5 Å². The molecule has 0 atom stereocenters. The van der Waals surface area contributed by atoms with E-state index in [-0.39, 0.29) is 16.5 Å². The number of amides is 2. The summed E-state index contributed by atoms with van der Waals surface area (Å²) in [6.07, 6.45) is 0. The van der Waals surface area contributed by atoms with E-state index in [1.165, 1.54) is 30.3 Å². The Bertz CT molecular complexity index is 1180. The maximum Gasteiger partial charge on any atom is 0.325 e. The van der Waals surface area contributed by atoms with Crippen LogP contribution in [0.25, 0.3) is 0 Å². The van der Waals surface area contributed by atoms with Crippen molar-refractivity contribution in [1.82, 2.24) is 5.32 Å². The van der Waals surface area contributed by atoms with Gasteiger partial charge in [0, 0.05) is 21.8 Å². The fourth-order valence-corrected chi connectivity index (χ4v) is 3.23. The molecule has 0 bridgehead atoms. The Labute approximate surface area is 199 Å². The summed E-state index contributed by atoms with van der Waals surface area (Å²) in [5.41, 5.74) is 1.48. The summed E-state index contributed by atoms with van der Waals surface area (Å²) in [4.78, 5) is 48.4. The van der Waals surface area contributed by atoms with Crippen molar-refractivity contribution < 1.29 is 23.9 Å². The zero-order chi connectivity index (χ0) is 23.8. The molecular weight excluding hydrogens is 467 g/mol. The van der Waals surface area contributed by atoms with Gasteiger partial charge in [0.05, 0.1) is 10.6 Å². The van der Waals surface area contributed by atoms with Crippen LogP contribution in [0.1, 0.15) is 31.1 Å². The number of hydrogen-bond donors (Lipinski definition) is 2. The maximum atomic E-state index is 12.3. The van der Waals surface area contributed by atoms with Gasteiger partial charge in [-0.25, -0.2) is 0 Å². The molecule has 2 amide bonds. The van der Waals surface area contributed by atoms with Gasteiger partial charge in [0.15, 0.2) is 12.4 Å². The van der Waals surface area contributed by atoms with E-state index in [0.717, 1.165) is 0 Å². The normalized spacial score (nSPS) is 10.2. The number of hydrogen-bond acceptors (Lipinski definition) is 5. The zero-order valence-electron chi connectivity index (χ0n) is 17.1. The van der Waals surface area contributed by atoms with Crippen LogP contribution in [0.3, 0.4) is 0 Å². The fourth-order valence-electron chi connectivity index (χ4n) is 2.73. The SMILES string of the molecule is O=C(CNC(=O)c1ccc(Cl)cc1Cl)OCC(=O)c1ccc(NC(=O)c2ccccc2)cc1.